The van der Waals surface area contributed by atoms with Gasteiger partial charge in [-0.2, -0.15) is 0 Å². The van der Waals surface area contributed by atoms with Crippen molar-refractivity contribution in [1.29, 1.82) is 0 Å². The Morgan fingerprint density at radius 3 is 2.45 bits per heavy atom. The minimum atomic E-state index is 0.317. The number of rotatable bonds is 4. The Morgan fingerprint density at radius 2 is 1.85 bits per heavy atom. The molecule has 4 aliphatic rings. The van der Waals surface area contributed by atoms with Crippen LogP contribution < -0.4 is 5.73 Å². The van der Waals surface area contributed by atoms with E-state index in [2.05, 4.69) is 16.7 Å². The van der Waals surface area contributed by atoms with Crippen LogP contribution in [0.15, 0.2) is 0 Å². The van der Waals surface area contributed by atoms with Crippen molar-refractivity contribution in [2.75, 3.05) is 39.3 Å². The van der Waals surface area contributed by atoms with Crippen LogP contribution in [0.2, 0.25) is 0 Å². The van der Waals surface area contributed by atoms with Gasteiger partial charge in [0.25, 0.3) is 0 Å². The first-order valence-electron chi connectivity index (χ1n) is 8.96. The summed E-state index contributed by atoms with van der Waals surface area (Å²) in [5.74, 6) is 1.83. The third kappa shape index (κ3) is 2.65. The molecule has 4 rings (SSSR count). The third-order valence-electron chi connectivity index (χ3n) is 6.37. The fourth-order valence-corrected chi connectivity index (χ4v) is 5.17. The molecule has 4 saturated heterocycles. The first kappa shape index (κ1) is 14.8. The van der Waals surface area contributed by atoms with E-state index in [0.29, 0.717) is 5.54 Å². The van der Waals surface area contributed by atoms with Crippen LogP contribution >= 0.6 is 0 Å². The normalized spacial score (nSPS) is 42.6. The highest BCUT2D eigenvalue weighted by atomic mass is 15.3. The number of fused-ring (bicyclic) bond motifs is 3. The van der Waals surface area contributed by atoms with Gasteiger partial charge in [-0.1, -0.05) is 19.8 Å². The molecule has 3 heteroatoms. The molecule has 2 atom stereocenters. The average molecular weight is 279 g/mol. The molecule has 2 unspecified atom stereocenters. The Labute approximate surface area is 124 Å². The van der Waals surface area contributed by atoms with Crippen molar-refractivity contribution in [3.8, 4) is 0 Å². The van der Waals surface area contributed by atoms with Crippen LogP contribution in [0.4, 0.5) is 0 Å². The average Bonchev–Trinajstić information content (AvgIpc) is 2.74. The van der Waals surface area contributed by atoms with Gasteiger partial charge < -0.3 is 10.6 Å². The van der Waals surface area contributed by atoms with Gasteiger partial charge in [-0.05, 0) is 70.1 Å². The number of nitrogens with zero attached hydrogens (tertiary/aromatic N) is 2. The van der Waals surface area contributed by atoms with Gasteiger partial charge >= 0.3 is 0 Å². The van der Waals surface area contributed by atoms with Gasteiger partial charge in [-0.3, -0.25) is 4.90 Å². The molecule has 0 amide bonds. The highest BCUT2D eigenvalue weighted by Crippen LogP contribution is 2.40. The quantitative estimate of drug-likeness (QED) is 0.857. The van der Waals surface area contributed by atoms with Gasteiger partial charge in [0.1, 0.15) is 0 Å². The van der Waals surface area contributed by atoms with Gasteiger partial charge in [-0.25, -0.2) is 0 Å². The molecule has 0 aromatic heterocycles. The summed E-state index contributed by atoms with van der Waals surface area (Å²) in [5, 5.41) is 0. The summed E-state index contributed by atoms with van der Waals surface area (Å²) >= 11 is 0. The van der Waals surface area contributed by atoms with Gasteiger partial charge in [0.05, 0.1) is 0 Å². The lowest BCUT2D eigenvalue weighted by atomic mass is 9.71. The molecule has 0 spiro atoms. The molecule has 3 nitrogen and oxygen atoms in total. The predicted molar refractivity (Wildman–Crippen MR) is 84.8 cm³/mol. The van der Waals surface area contributed by atoms with Gasteiger partial charge in [-0.15, -0.1) is 0 Å². The molecule has 2 bridgehead atoms. The van der Waals surface area contributed by atoms with Crippen LogP contribution in [-0.2, 0) is 0 Å². The summed E-state index contributed by atoms with van der Waals surface area (Å²) in [6, 6.07) is 0. The second-order valence-electron chi connectivity index (χ2n) is 7.43. The van der Waals surface area contributed by atoms with Crippen molar-refractivity contribution in [2.24, 2.45) is 17.6 Å². The highest BCUT2D eigenvalue weighted by molar-refractivity contribution is 5.06. The molecular weight excluding hydrogens is 246 g/mol. The second-order valence-corrected chi connectivity index (χ2v) is 7.43. The second kappa shape index (κ2) is 6.33. The maximum absolute atomic E-state index is 6.33. The van der Waals surface area contributed by atoms with Crippen molar-refractivity contribution < 1.29 is 0 Å². The lowest BCUT2D eigenvalue weighted by Crippen LogP contribution is -2.70. The van der Waals surface area contributed by atoms with Crippen LogP contribution in [0.5, 0.6) is 0 Å². The summed E-state index contributed by atoms with van der Waals surface area (Å²) in [6.45, 7) is 9.67. The van der Waals surface area contributed by atoms with E-state index in [-0.39, 0.29) is 0 Å². The van der Waals surface area contributed by atoms with E-state index in [9.17, 15) is 0 Å². The molecule has 0 aromatic rings. The summed E-state index contributed by atoms with van der Waals surface area (Å²) in [4.78, 5) is 5.49. The fraction of sp³-hybridized carbons (Fsp3) is 1.00. The molecule has 0 aliphatic carbocycles. The van der Waals surface area contributed by atoms with Crippen molar-refractivity contribution in [1.82, 2.24) is 9.80 Å². The van der Waals surface area contributed by atoms with Crippen molar-refractivity contribution in [2.45, 2.75) is 57.4 Å². The first-order chi connectivity index (χ1) is 9.78. The lowest BCUT2D eigenvalue weighted by molar-refractivity contribution is -0.0663. The van der Waals surface area contributed by atoms with Crippen LogP contribution in [0.1, 0.15) is 51.9 Å². The molecule has 20 heavy (non-hydrogen) atoms. The molecule has 4 heterocycles. The summed E-state index contributed by atoms with van der Waals surface area (Å²) in [6.07, 6.45) is 9.78. The molecule has 0 aromatic carbocycles. The molecule has 4 fully saturated rings. The number of hydrogen-bond acceptors (Lipinski definition) is 3. The van der Waals surface area contributed by atoms with E-state index in [4.69, 9.17) is 5.73 Å². The first-order valence-corrected chi connectivity index (χ1v) is 8.96. The van der Waals surface area contributed by atoms with Crippen LogP contribution in [0, 0.1) is 11.8 Å². The molecule has 116 valence electrons. The predicted octanol–water partition coefficient (Wildman–Crippen LogP) is 2.31. The van der Waals surface area contributed by atoms with E-state index in [1.165, 1.54) is 77.7 Å². The smallest absolute Gasteiger partial charge is 0.0487 e. The minimum absolute atomic E-state index is 0.317. The van der Waals surface area contributed by atoms with Crippen LogP contribution in [0.25, 0.3) is 0 Å². The Morgan fingerprint density at radius 1 is 1.05 bits per heavy atom. The Kier molecular flexibility index (Phi) is 4.68. The highest BCUT2D eigenvalue weighted by Gasteiger charge is 2.49. The van der Waals surface area contributed by atoms with Crippen LogP contribution in [0.3, 0.4) is 0 Å². The zero-order valence-electron chi connectivity index (χ0n) is 13.3. The number of hydrogen-bond donors (Lipinski definition) is 1. The topological polar surface area (TPSA) is 32.5 Å². The van der Waals surface area contributed by atoms with E-state index < -0.39 is 0 Å². The standard InChI is InChI=1S/C17H33N3/c1-2-4-15-5-3-9-20(12-6-15)17(13-18)14-19-10-7-16(17)8-11-19/h15-16H,2-14,18H2,1H3. The minimum Gasteiger partial charge on any atom is -0.329 e. The lowest BCUT2D eigenvalue weighted by Gasteiger charge is -2.57. The maximum atomic E-state index is 6.33. The van der Waals surface area contributed by atoms with E-state index in [1.807, 2.05) is 0 Å². The maximum Gasteiger partial charge on any atom is 0.0487 e. The molecule has 0 saturated carbocycles. The van der Waals surface area contributed by atoms with Crippen molar-refractivity contribution in [3.05, 3.63) is 0 Å². The SMILES string of the molecule is CCCC1CCCN(C2(CN)CN3CCC2CC3)CC1. The number of piperidine rings is 3. The Balaban J connectivity index is 1.70. The Hall–Kier alpha value is -0.120. The van der Waals surface area contributed by atoms with Crippen molar-refractivity contribution >= 4 is 0 Å². The zero-order chi connectivity index (χ0) is 14.0. The third-order valence-corrected chi connectivity index (χ3v) is 6.37. The summed E-state index contributed by atoms with van der Waals surface area (Å²) in [7, 11) is 0. The van der Waals surface area contributed by atoms with Gasteiger partial charge in [0.2, 0.25) is 0 Å². The fourth-order valence-electron chi connectivity index (χ4n) is 5.17. The van der Waals surface area contributed by atoms with E-state index >= 15 is 0 Å². The molecular formula is C17H33N3. The van der Waals surface area contributed by atoms with Gasteiger partial charge in [0, 0.05) is 18.6 Å². The summed E-state index contributed by atoms with van der Waals surface area (Å²) < 4.78 is 0. The van der Waals surface area contributed by atoms with Crippen LogP contribution in [-0.4, -0.2) is 54.6 Å². The molecule has 2 N–H and O–H groups in total. The summed E-state index contributed by atoms with van der Waals surface area (Å²) in [5.41, 5.74) is 6.65. The van der Waals surface area contributed by atoms with Crippen molar-refractivity contribution in [3.63, 3.8) is 0 Å². The zero-order valence-corrected chi connectivity index (χ0v) is 13.3. The molecule has 0 radical (unpaired) electrons. The monoisotopic (exact) mass is 279 g/mol. The Bertz CT molecular complexity index is 311. The van der Waals surface area contributed by atoms with E-state index in [0.717, 1.165) is 18.4 Å². The number of nitrogens with two attached hydrogens (primary N) is 1. The number of likely N-dealkylation sites (tertiary alicyclic amines) is 1. The van der Waals surface area contributed by atoms with Gasteiger partial charge in [0.15, 0.2) is 0 Å². The van der Waals surface area contributed by atoms with E-state index in [1.54, 1.807) is 0 Å². The largest absolute Gasteiger partial charge is 0.329 e. The molecule has 4 aliphatic heterocycles.